The number of benzene rings is 10. The predicted octanol–water partition coefficient (Wildman–Crippen LogP) is 17.2. The van der Waals surface area contributed by atoms with Crippen LogP contribution in [0.3, 0.4) is 0 Å². The SMILES string of the molecule is c1ccc(-c2ccc(-c3ccc(-c4c(-c5c(-c6ccc(-c7ccccc7)cc6)n(-c6ccccc6)c6ccccc56)c5ccccc5n4-c4ccc(-c5ccccc5)cc4)cc3)cc2)cc1. The van der Waals surface area contributed by atoms with Gasteiger partial charge in [-0.25, -0.2) is 0 Å². The van der Waals surface area contributed by atoms with Gasteiger partial charge in [0, 0.05) is 33.3 Å². The molecule has 0 radical (unpaired) electrons. The second-order valence-electron chi connectivity index (χ2n) is 16.9. The van der Waals surface area contributed by atoms with E-state index < -0.39 is 0 Å². The van der Waals surface area contributed by atoms with E-state index >= 15 is 0 Å². The molecule has 2 heterocycles. The lowest BCUT2D eigenvalue weighted by Crippen LogP contribution is -1.99. The number of nitrogens with zero attached hydrogens (tertiary/aromatic N) is 2. The van der Waals surface area contributed by atoms with Crippen LogP contribution in [0.25, 0.3) is 111 Å². The topological polar surface area (TPSA) is 9.86 Å². The largest absolute Gasteiger partial charge is 0.309 e. The summed E-state index contributed by atoms with van der Waals surface area (Å²) >= 11 is 0. The summed E-state index contributed by atoms with van der Waals surface area (Å²) in [4.78, 5) is 0. The molecule has 0 aliphatic heterocycles. The summed E-state index contributed by atoms with van der Waals surface area (Å²) in [7, 11) is 0. The van der Waals surface area contributed by atoms with E-state index in [0.717, 1.165) is 44.9 Å². The summed E-state index contributed by atoms with van der Waals surface area (Å²) in [5, 5.41) is 2.39. The van der Waals surface area contributed by atoms with Crippen LogP contribution in [0.4, 0.5) is 0 Å². The van der Waals surface area contributed by atoms with E-state index in [1.807, 2.05) is 0 Å². The standard InChI is InChI=1S/C64H44N2/c1-5-17-45(18-6-1)48-29-31-50(32-30-48)51-35-39-54(40-36-51)64-62(58-26-14-16-28-60(58)66(64)56-43-41-52(42-44-56)47-21-9-3-10-22-47)61-57-25-13-15-27-59(57)65(55-23-11-4-12-24-55)63(61)53-37-33-49(34-38-53)46-19-7-2-8-20-46/h1-44H. The molecule has 0 saturated carbocycles. The Labute approximate surface area is 385 Å². The van der Waals surface area contributed by atoms with Gasteiger partial charge in [-0.3, -0.25) is 0 Å². The van der Waals surface area contributed by atoms with Crippen molar-refractivity contribution in [3.05, 3.63) is 267 Å². The average molecular weight is 841 g/mol. The average Bonchev–Trinajstić information content (AvgIpc) is 3.93. The van der Waals surface area contributed by atoms with Crippen molar-refractivity contribution in [2.24, 2.45) is 0 Å². The molecule has 12 rings (SSSR count). The molecular formula is C64H44N2. The van der Waals surface area contributed by atoms with Gasteiger partial charge in [0.1, 0.15) is 0 Å². The zero-order valence-corrected chi connectivity index (χ0v) is 36.3. The van der Waals surface area contributed by atoms with E-state index in [0.29, 0.717) is 0 Å². The number of hydrogen-bond donors (Lipinski definition) is 0. The Morgan fingerprint density at radius 3 is 0.773 bits per heavy atom. The Kier molecular flexibility index (Phi) is 9.89. The first kappa shape index (κ1) is 38.9. The highest BCUT2D eigenvalue weighted by Gasteiger charge is 2.29. The van der Waals surface area contributed by atoms with Crippen molar-refractivity contribution in [3.63, 3.8) is 0 Å². The summed E-state index contributed by atoms with van der Waals surface area (Å²) in [5.41, 5.74) is 21.1. The minimum atomic E-state index is 1.10. The van der Waals surface area contributed by atoms with Crippen molar-refractivity contribution in [1.82, 2.24) is 9.13 Å². The van der Waals surface area contributed by atoms with Gasteiger partial charge in [-0.05, 0) is 92.0 Å². The molecule has 0 saturated heterocycles. The third-order valence-electron chi connectivity index (χ3n) is 13.0. The maximum absolute atomic E-state index is 2.49. The van der Waals surface area contributed by atoms with Crippen molar-refractivity contribution in [2.45, 2.75) is 0 Å². The maximum Gasteiger partial charge on any atom is 0.0620 e. The summed E-state index contributed by atoms with van der Waals surface area (Å²) < 4.78 is 4.95. The predicted molar refractivity (Wildman–Crippen MR) is 278 cm³/mol. The zero-order valence-electron chi connectivity index (χ0n) is 36.3. The first-order valence-electron chi connectivity index (χ1n) is 22.7. The number of rotatable bonds is 9. The first-order chi connectivity index (χ1) is 32.8. The molecule has 2 heteroatoms. The smallest absolute Gasteiger partial charge is 0.0620 e. The summed E-state index contributed by atoms with van der Waals surface area (Å²) in [6.45, 7) is 0. The van der Waals surface area contributed by atoms with Gasteiger partial charge in [0.05, 0.1) is 22.4 Å². The van der Waals surface area contributed by atoms with Crippen molar-refractivity contribution in [1.29, 1.82) is 0 Å². The Bertz CT molecular complexity index is 3600. The lowest BCUT2D eigenvalue weighted by Gasteiger charge is -2.17. The van der Waals surface area contributed by atoms with E-state index in [-0.39, 0.29) is 0 Å². The zero-order chi connectivity index (χ0) is 43.8. The maximum atomic E-state index is 2.49. The van der Waals surface area contributed by atoms with Crippen molar-refractivity contribution >= 4 is 21.8 Å². The van der Waals surface area contributed by atoms with Crippen LogP contribution in [0.1, 0.15) is 0 Å². The van der Waals surface area contributed by atoms with Crippen LogP contribution in [0.15, 0.2) is 267 Å². The third-order valence-corrected chi connectivity index (χ3v) is 13.0. The van der Waals surface area contributed by atoms with Crippen LogP contribution in [0, 0.1) is 0 Å². The summed E-state index contributed by atoms with van der Waals surface area (Å²) in [5.74, 6) is 0. The molecular weight excluding hydrogens is 797 g/mol. The lowest BCUT2D eigenvalue weighted by molar-refractivity contribution is 1.13. The molecule has 0 bridgehead atoms. The van der Waals surface area contributed by atoms with Gasteiger partial charge in [0.25, 0.3) is 0 Å². The molecule has 0 unspecified atom stereocenters. The molecule has 66 heavy (non-hydrogen) atoms. The fraction of sp³-hybridized carbons (Fsp3) is 0. The summed E-state index contributed by atoms with van der Waals surface area (Å²) in [6.07, 6.45) is 0. The number of fused-ring (bicyclic) bond motifs is 2. The van der Waals surface area contributed by atoms with Gasteiger partial charge >= 0.3 is 0 Å². The van der Waals surface area contributed by atoms with Gasteiger partial charge < -0.3 is 9.13 Å². The molecule has 0 fully saturated rings. The Hall–Kier alpha value is -8.72. The third kappa shape index (κ3) is 6.93. The van der Waals surface area contributed by atoms with Gasteiger partial charge in [-0.1, -0.05) is 231 Å². The van der Waals surface area contributed by atoms with Crippen LogP contribution in [-0.4, -0.2) is 9.13 Å². The first-order valence-corrected chi connectivity index (χ1v) is 22.7. The molecule has 12 aromatic rings. The van der Waals surface area contributed by atoms with E-state index in [2.05, 4.69) is 276 Å². The van der Waals surface area contributed by atoms with E-state index in [4.69, 9.17) is 0 Å². The molecule has 2 nitrogen and oxygen atoms in total. The fourth-order valence-electron chi connectivity index (χ4n) is 9.84. The van der Waals surface area contributed by atoms with Crippen LogP contribution in [0.5, 0.6) is 0 Å². The molecule has 0 amide bonds. The minimum Gasteiger partial charge on any atom is -0.309 e. The number of aromatic nitrogens is 2. The van der Waals surface area contributed by atoms with Crippen molar-refractivity contribution in [3.8, 4) is 89.5 Å². The molecule has 0 aliphatic rings. The second-order valence-corrected chi connectivity index (χ2v) is 16.9. The van der Waals surface area contributed by atoms with E-state index in [1.54, 1.807) is 0 Å². The van der Waals surface area contributed by atoms with Crippen LogP contribution in [0.2, 0.25) is 0 Å². The highest BCUT2D eigenvalue weighted by atomic mass is 15.0. The van der Waals surface area contributed by atoms with Gasteiger partial charge in [-0.15, -0.1) is 0 Å². The van der Waals surface area contributed by atoms with Crippen LogP contribution >= 0.6 is 0 Å². The second kappa shape index (κ2) is 16.8. The van der Waals surface area contributed by atoms with Crippen molar-refractivity contribution in [2.75, 3.05) is 0 Å². The number of para-hydroxylation sites is 3. The molecule has 0 atom stereocenters. The highest BCUT2D eigenvalue weighted by Crippen LogP contribution is 2.51. The lowest BCUT2D eigenvalue weighted by atomic mass is 9.92. The molecule has 310 valence electrons. The fourth-order valence-corrected chi connectivity index (χ4v) is 9.84. The van der Waals surface area contributed by atoms with Crippen molar-refractivity contribution < 1.29 is 0 Å². The van der Waals surface area contributed by atoms with Gasteiger partial charge in [0.2, 0.25) is 0 Å². The highest BCUT2D eigenvalue weighted by molar-refractivity contribution is 6.16. The molecule has 0 aliphatic carbocycles. The van der Waals surface area contributed by atoms with Gasteiger partial charge in [-0.2, -0.15) is 0 Å². The Morgan fingerprint density at radius 1 is 0.182 bits per heavy atom. The minimum absolute atomic E-state index is 1.10. The monoisotopic (exact) mass is 840 g/mol. The number of hydrogen-bond acceptors (Lipinski definition) is 0. The van der Waals surface area contributed by atoms with E-state index in [1.165, 1.54) is 66.4 Å². The van der Waals surface area contributed by atoms with E-state index in [9.17, 15) is 0 Å². The summed E-state index contributed by atoms with van der Waals surface area (Å²) in [6, 6.07) is 96.9. The molecule has 0 spiro atoms. The normalized spacial score (nSPS) is 11.3. The molecule has 10 aromatic carbocycles. The Morgan fingerprint density at radius 2 is 0.424 bits per heavy atom. The molecule has 2 aromatic heterocycles. The quantitative estimate of drug-likeness (QED) is 0.137. The Balaban J connectivity index is 1.12. The van der Waals surface area contributed by atoms with Crippen LogP contribution in [-0.2, 0) is 0 Å². The van der Waals surface area contributed by atoms with Gasteiger partial charge in [0.15, 0.2) is 0 Å². The van der Waals surface area contributed by atoms with Crippen LogP contribution < -0.4 is 0 Å². The molecule has 0 N–H and O–H groups in total.